The van der Waals surface area contributed by atoms with Crippen LogP contribution in [0.4, 0.5) is 11.5 Å². The van der Waals surface area contributed by atoms with E-state index in [0.29, 0.717) is 23.7 Å². The second kappa shape index (κ2) is 7.43. The van der Waals surface area contributed by atoms with Crippen molar-refractivity contribution in [3.63, 3.8) is 0 Å². The molecule has 0 aliphatic carbocycles. The number of benzene rings is 1. The number of amides is 1. The minimum absolute atomic E-state index is 0.199. The van der Waals surface area contributed by atoms with Gasteiger partial charge in [0.1, 0.15) is 17.8 Å². The van der Waals surface area contributed by atoms with Crippen molar-refractivity contribution in [1.82, 2.24) is 14.5 Å². The number of hydrogen-bond acceptors (Lipinski definition) is 5. The fourth-order valence-corrected chi connectivity index (χ4v) is 3.62. The highest BCUT2D eigenvalue weighted by Gasteiger charge is 2.24. The Balaban J connectivity index is 1.86. The average molecular weight is 389 g/mol. The second-order valence-corrected chi connectivity index (χ2v) is 7.17. The topological polar surface area (TPSA) is 95.1 Å². The third-order valence-electron chi connectivity index (χ3n) is 5.06. The summed E-state index contributed by atoms with van der Waals surface area (Å²) in [5.74, 6) is 0.249. The molecular weight excluding hydrogens is 366 g/mol. The molecule has 0 radical (unpaired) electrons. The van der Waals surface area contributed by atoms with E-state index in [1.807, 2.05) is 42.1 Å². The van der Waals surface area contributed by atoms with Gasteiger partial charge in [0.15, 0.2) is 0 Å². The lowest BCUT2D eigenvalue weighted by Gasteiger charge is -2.16. The van der Waals surface area contributed by atoms with Crippen molar-refractivity contribution >= 4 is 34.0 Å². The Morgan fingerprint density at radius 2 is 2.03 bits per heavy atom. The molecule has 1 aliphatic heterocycles. The molecule has 0 bridgehead atoms. The van der Waals surface area contributed by atoms with Crippen molar-refractivity contribution in [2.45, 2.75) is 19.8 Å². The number of nitrogen functional groups attached to an aromatic ring is 1. The van der Waals surface area contributed by atoms with Crippen LogP contribution in [0.25, 0.3) is 27.9 Å². The molecule has 4 rings (SSSR count). The van der Waals surface area contributed by atoms with Crippen molar-refractivity contribution in [1.29, 1.82) is 0 Å². The lowest BCUT2D eigenvalue weighted by Crippen LogP contribution is -2.11. The Hall–Kier alpha value is -3.61. The average Bonchev–Trinajstić information content (AvgIpc) is 3.03. The fraction of sp³-hybridized carbons (Fsp3) is 0.227. The molecule has 1 aromatic carbocycles. The summed E-state index contributed by atoms with van der Waals surface area (Å²) in [4.78, 5) is 20.5. The standard InChI is InChI=1S/C22H23N5O2/c1-13(2)22(28)26-16-8-6-14(7-9-16)19-17(15-5-4-10-29-11-15)18-20(23)24-12-25-21(18)27(19)3/h6-9,11-12H,1,4-5,10H2,2-3H3,(H,26,28)(H2,23,24,25). The van der Waals surface area contributed by atoms with Gasteiger partial charge in [0, 0.05) is 23.9 Å². The Bertz CT molecular complexity index is 1140. The van der Waals surface area contributed by atoms with Crippen LogP contribution in [0.3, 0.4) is 0 Å². The SMILES string of the molecule is C=C(C)C(=O)Nc1ccc(-c2c(C3=COCCC3)c3c(N)ncnc3n2C)cc1. The molecule has 0 fully saturated rings. The first-order chi connectivity index (χ1) is 14.0. The van der Waals surface area contributed by atoms with Crippen LogP contribution in [-0.2, 0) is 16.6 Å². The Labute approximate surface area is 168 Å². The third-order valence-corrected chi connectivity index (χ3v) is 5.06. The normalized spacial score (nSPS) is 13.7. The number of allylic oxidation sites excluding steroid dienone is 1. The van der Waals surface area contributed by atoms with Gasteiger partial charge in [-0.25, -0.2) is 9.97 Å². The Morgan fingerprint density at radius 3 is 2.69 bits per heavy atom. The summed E-state index contributed by atoms with van der Waals surface area (Å²) in [6.07, 6.45) is 5.14. The maximum Gasteiger partial charge on any atom is 0.250 e. The summed E-state index contributed by atoms with van der Waals surface area (Å²) >= 11 is 0. The smallest absolute Gasteiger partial charge is 0.250 e. The Morgan fingerprint density at radius 1 is 1.28 bits per heavy atom. The molecule has 148 valence electrons. The first-order valence-electron chi connectivity index (χ1n) is 9.44. The highest BCUT2D eigenvalue weighted by Crippen LogP contribution is 2.41. The molecule has 3 aromatic rings. The van der Waals surface area contributed by atoms with Crippen molar-refractivity contribution in [2.75, 3.05) is 17.7 Å². The first-order valence-corrected chi connectivity index (χ1v) is 9.44. The summed E-state index contributed by atoms with van der Waals surface area (Å²) in [6, 6.07) is 7.69. The van der Waals surface area contributed by atoms with Crippen LogP contribution in [0.2, 0.25) is 0 Å². The van der Waals surface area contributed by atoms with Crippen molar-refractivity contribution in [2.24, 2.45) is 7.05 Å². The van der Waals surface area contributed by atoms with E-state index in [2.05, 4.69) is 21.9 Å². The van der Waals surface area contributed by atoms with Gasteiger partial charge in [0.25, 0.3) is 5.91 Å². The molecule has 0 saturated heterocycles. The van der Waals surface area contributed by atoms with Gasteiger partial charge in [0.2, 0.25) is 0 Å². The lowest BCUT2D eigenvalue weighted by molar-refractivity contribution is -0.112. The van der Waals surface area contributed by atoms with Crippen LogP contribution < -0.4 is 11.1 Å². The lowest BCUT2D eigenvalue weighted by atomic mass is 9.95. The van der Waals surface area contributed by atoms with E-state index in [9.17, 15) is 4.79 Å². The van der Waals surface area contributed by atoms with E-state index in [1.54, 1.807) is 6.92 Å². The number of rotatable bonds is 4. The number of aromatic nitrogens is 3. The van der Waals surface area contributed by atoms with Gasteiger partial charge in [-0.3, -0.25) is 4.79 Å². The van der Waals surface area contributed by atoms with Gasteiger partial charge in [-0.1, -0.05) is 18.7 Å². The summed E-state index contributed by atoms with van der Waals surface area (Å²) in [5.41, 5.74) is 12.2. The molecule has 1 amide bonds. The largest absolute Gasteiger partial charge is 0.501 e. The summed E-state index contributed by atoms with van der Waals surface area (Å²) in [6.45, 7) is 6.06. The number of ether oxygens (including phenoxy) is 1. The molecular formula is C22H23N5O2. The van der Waals surface area contributed by atoms with Crippen LogP contribution in [-0.4, -0.2) is 27.0 Å². The van der Waals surface area contributed by atoms with Crippen molar-refractivity contribution < 1.29 is 9.53 Å². The Kier molecular flexibility index (Phi) is 4.80. The van der Waals surface area contributed by atoms with E-state index in [-0.39, 0.29) is 5.91 Å². The number of aryl methyl sites for hydroxylation is 1. The van der Waals surface area contributed by atoms with Gasteiger partial charge in [-0.15, -0.1) is 0 Å². The van der Waals surface area contributed by atoms with E-state index >= 15 is 0 Å². The number of carbonyl (C=O) groups is 1. The molecule has 2 aromatic heterocycles. The number of nitrogens with two attached hydrogens (primary N) is 1. The molecule has 3 heterocycles. The number of anilines is 2. The first kappa shape index (κ1) is 18.7. The van der Waals surface area contributed by atoms with E-state index in [1.165, 1.54) is 6.33 Å². The minimum atomic E-state index is -0.199. The highest BCUT2D eigenvalue weighted by molar-refractivity contribution is 6.05. The van der Waals surface area contributed by atoms with Crippen LogP contribution in [0, 0.1) is 0 Å². The zero-order valence-electron chi connectivity index (χ0n) is 16.5. The van der Waals surface area contributed by atoms with Gasteiger partial charge >= 0.3 is 0 Å². The molecule has 0 unspecified atom stereocenters. The number of nitrogens with zero attached hydrogens (tertiary/aromatic N) is 3. The predicted octanol–water partition coefficient (Wildman–Crippen LogP) is 3.88. The van der Waals surface area contributed by atoms with Crippen LogP contribution in [0.1, 0.15) is 25.3 Å². The number of hydrogen-bond donors (Lipinski definition) is 2. The van der Waals surface area contributed by atoms with Crippen LogP contribution >= 0.6 is 0 Å². The van der Waals surface area contributed by atoms with E-state index in [0.717, 1.165) is 46.3 Å². The molecule has 0 atom stereocenters. The van der Waals surface area contributed by atoms with Crippen molar-refractivity contribution in [3.8, 4) is 11.3 Å². The molecule has 0 saturated carbocycles. The zero-order chi connectivity index (χ0) is 20.5. The molecule has 3 N–H and O–H groups in total. The highest BCUT2D eigenvalue weighted by atomic mass is 16.5. The van der Waals surface area contributed by atoms with Gasteiger partial charge < -0.3 is 20.4 Å². The van der Waals surface area contributed by atoms with E-state index in [4.69, 9.17) is 10.5 Å². The molecule has 7 heteroatoms. The number of carbonyl (C=O) groups excluding carboxylic acids is 1. The third kappa shape index (κ3) is 3.35. The second-order valence-electron chi connectivity index (χ2n) is 7.17. The van der Waals surface area contributed by atoms with Crippen LogP contribution in [0.15, 0.2) is 49.0 Å². The quantitative estimate of drug-likeness (QED) is 0.660. The number of fused-ring (bicyclic) bond motifs is 1. The van der Waals surface area contributed by atoms with Crippen molar-refractivity contribution in [3.05, 3.63) is 54.6 Å². The van der Waals surface area contributed by atoms with Crippen LogP contribution in [0.5, 0.6) is 0 Å². The monoisotopic (exact) mass is 389 g/mol. The zero-order valence-corrected chi connectivity index (χ0v) is 16.5. The maximum absolute atomic E-state index is 11.9. The van der Waals surface area contributed by atoms with E-state index < -0.39 is 0 Å². The minimum Gasteiger partial charge on any atom is -0.501 e. The summed E-state index contributed by atoms with van der Waals surface area (Å²) < 4.78 is 7.63. The molecule has 7 nitrogen and oxygen atoms in total. The fourth-order valence-electron chi connectivity index (χ4n) is 3.62. The summed E-state index contributed by atoms with van der Waals surface area (Å²) in [5, 5.41) is 3.66. The van der Waals surface area contributed by atoms with Gasteiger partial charge in [-0.05, 0) is 43.0 Å². The molecule has 29 heavy (non-hydrogen) atoms. The van der Waals surface area contributed by atoms with Gasteiger partial charge in [0.05, 0.1) is 23.9 Å². The molecule has 1 aliphatic rings. The molecule has 0 spiro atoms. The summed E-state index contributed by atoms with van der Waals surface area (Å²) in [7, 11) is 1.97. The maximum atomic E-state index is 11.9. The number of nitrogens with one attached hydrogen (secondary N) is 1. The predicted molar refractivity (Wildman–Crippen MR) is 115 cm³/mol. The van der Waals surface area contributed by atoms with Gasteiger partial charge in [-0.2, -0.15) is 0 Å².